The van der Waals surface area contributed by atoms with E-state index >= 15 is 0 Å². The van der Waals surface area contributed by atoms with Gasteiger partial charge in [0.15, 0.2) is 5.71 Å². The number of allylic oxidation sites excluding steroid dienone is 7. The van der Waals surface area contributed by atoms with Gasteiger partial charge in [-0.25, -0.2) is 4.90 Å². The summed E-state index contributed by atoms with van der Waals surface area (Å²) in [5.74, 6) is -0.685. The quantitative estimate of drug-likeness (QED) is 0.153. The number of hydrogen-bond donors (Lipinski definition) is 0. The third-order valence-corrected chi connectivity index (χ3v) is 10.7. The molecule has 50 heavy (non-hydrogen) atoms. The standard InChI is InChI=1S/C45H44N3O2/c1-44(2)35-21-13-15-23-37(35)46(5)39(44)29-27-31-25-26-32(28-30-40-45(3,4)36-22-14-16-24-38(36)47(40)6)41(31)48(42(49)33-17-9-7-10-18-33)43(50)34-19-11-8-12-20-34/h7-24,27-30H,25-26H2,1-6H3/q+1. The van der Waals surface area contributed by atoms with Gasteiger partial charge in [0.25, 0.3) is 11.8 Å². The minimum Gasteiger partial charge on any atom is -0.347 e. The highest BCUT2D eigenvalue weighted by Crippen LogP contribution is 2.47. The molecule has 0 fully saturated rings. The molecule has 2 heterocycles. The first kappa shape index (κ1) is 33.0. The van der Waals surface area contributed by atoms with Crippen molar-refractivity contribution < 1.29 is 14.2 Å². The Morgan fingerprint density at radius 1 is 0.680 bits per heavy atom. The Labute approximate surface area is 295 Å². The highest BCUT2D eigenvalue weighted by molar-refractivity contribution is 6.12. The van der Waals surface area contributed by atoms with E-state index in [1.54, 1.807) is 24.3 Å². The fourth-order valence-corrected chi connectivity index (χ4v) is 8.00. The Morgan fingerprint density at radius 3 is 1.84 bits per heavy atom. The van der Waals surface area contributed by atoms with E-state index in [0.29, 0.717) is 29.7 Å². The van der Waals surface area contributed by atoms with Gasteiger partial charge in [-0.1, -0.05) is 98.8 Å². The summed E-state index contributed by atoms with van der Waals surface area (Å²) in [6.07, 6.45) is 10.0. The molecule has 0 bridgehead atoms. The van der Waals surface area contributed by atoms with Crippen molar-refractivity contribution >= 4 is 28.9 Å². The van der Waals surface area contributed by atoms with Crippen LogP contribution in [0.3, 0.4) is 0 Å². The van der Waals surface area contributed by atoms with Gasteiger partial charge in [0.2, 0.25) is 5.69 Å². The molecular formula is C45H44N3O2+. The number of fused-ring (bicyclic) bond motifs is 2. The van der Waals surface area contributed by atoms with Gasteiger partial charge in [-0.05, 0) is 79.8 Å². The summed E-state index contributed by atoms with van der Waals surface area (Å²) in [6.45, 7) is 8.99. The summed E-state index contributed by atoms with van der Waals surface area (Å²) in [7, 11) is 4.22. The first-order valence-electron chi connectivity index (χ1n) is 17.4. The number of likely N-dealkylation sites (N-methyl/N-ethyl adjacent to an activating group) is 1. The lowest BCUT2D eigenvalue weighted by molar-refractivity contribution is -0.401. The Morgan fingerprint density at radius 2 is 1.24 bits per heavy atom. The van der Waals surface area contributed by atoms with Crippen LogP contribution in [0.15, 0.2) is 156 Å². The number of nitrogens with zero attached hydrogens (tertiary/aromatic N) is 3. The van der Waals surface area contributed by atoms with E-state index in [1.165, 1.54) is 27.4 Å². The van der Waals surface area contributed by atoms with Crippen molar-refractivity contribution in [3.63, 3.8) is 0 Å². The van der Waals surface area contributed by atoms with Crippen LogP contribution in [-0.2, 0) is 10.8 Å². The van der Waals surface area contributed by atoms with E-state index < -0.39 is 0 Å². The van der Waals surface area contributed by atoms with Crippen LogP contribution >= 0.6 is 0 Å². The molecule has 250 valence electrons. The molecule has 1 aliphatic carbocycles. The van der Waals surface area contributed by atoms with Crippen LogP contribution in [0.2, 0.25) is 0 Å². The SMILES string of the molecule is CN1/C(=C/C=C2\CCC(/C=C/C3=[N+](C)c4ccccc4C3(C)C)=C2N(C(=O)c2ccccc2)C(=O)c2ccccc2)C(C)(C)c2ccccc21. The lowest BCUT2D eigenvalue weighted by atomic mass is 9.81. The lowest BCUT2D eigenvalue weighted by Gasteiger charge is -2.26. The van der Waals surface area contributed by atoms with Gasteiger partial charge in [-0.2, -0.15) is 4.58 Å². The third-order valence-electron chi connectivity index (χ3n) is 10.7. The number of amides is 2. The second-order valence-corrected chi connectivity index (χ2v) is 14.4. The summed E-state index contributed by atoms with van der Waals surface area (Å²) in [4.78, 5) is 32.8. The van der Waals surface area contributed by atoms with E-state index in [2.05, 4.69) is 124 Å². The predicted molar refractivity (Wildman–Crippen MR) is 203 cm³/mol. The normalized spacial score (nSPS) is 19.1. The highest BCUT2D eigenvalue weighted by atomic mass is 16.2. The maximum Gasteiger partial charge on any atom is 0.265 e. The molecule has 0 atom stereocenters. The summed E-state index contributed by atoms with van der Waals surface area (Å²) in [5.41, 5.74) is 10.3. The van der Waals surface area contributed by atoms with Crippen molar-refractivity contribution in [3.8, 4) is 0 Å². The zero-order chi connectivity index (χ0) is 35.2. The zero-order valence-electron chi connectivity index (χ0n) is 29.8. The number of rotatable bonds is 6. The lowest BCUT2D eigenvalue weighted by Crippen LogP contribution is -2.37. The van der Waals surface area contributed by atoms with Crippen LogP contribution in [0, 0.1) is 0 Å². The first-order chi connectivity index (χ1) is 24.0. The van der Waals surface area contributed by atoms with E-state index in [-0.39, 0.29) is 22.6 Å². The van der Waals surface area contributed by atoms with E-state index in [0.717, 1.165) is 22.6 Å². The molecule has 0 unspecified atom stereocenters. The van der Waals surface area contributed by atoms with Gasteiger partial charge in [0.05, 0.1) is 11.1 Å². The first-order valence-corrected chi connectivity index (χ1v) is 17.4. The van der Waals surface area contributed by atoms with Gasteiger partial charge in [0, 0.05) is 52.7 Å². The van der Waals surface area contributed by atoms with E-state index in [1.807, 2.05) is 36.4 Å². The molecule has 0 N–H and O–H groups in total. The third kappa shape index (κ3) is 5.47. The van der Waals surface area contributed by atoms with Crippen LogP contribution < -0.4 is 4.90 Å². The molecule has 0 spiro atoms. The largest absolute Gasteiger partial charge is 0.347 e. The molecule has 5 nitrogen and oxygen atoms in total. The molecule has 0 radical (unpaired) electrons. The molecule has 0 saturated carbocycles. The van der Waals surface area contributed by atoms with Crippen molar-refractivity contribution in [3.05, 3.63) is 178 Å². The Kier molecular flexibility index (Phi) is 8.39. The zero-order valence-corrected chi connectivity index (χ0v) is 29.8. The molecule has 2 amide bonds. The number of hydrogen-bond acceptors (Lipinski definition) is 3. The summed E-state index contributed by atoms with van der Waals surface area (Å²) < 4.78 is 2.25. The van der Waals surface area contributed by atoms with E-state index in [9.17, 15) is 9.59 Å². The van der Waals surface area contributed by atoms with Gasteiger partial charge in [0.1, 0.15) is 7.05 Å². The Hall–Kier alpha value is -5.55. The smallest absolute Gasteiger partial charge is 0.265 e. The number of carbonyl (C=O) groups excluding carboxylic acids is 2. The summed E-state index contributed by atoms with van der Waals surface area (Å²) in [5, 5.41) is 0. The fourth-order valence-electron chi connectivity index (χ4n) is 8.00. The second-order valence-electron chi connectivity index (χ2n) is 14.4. The van der Waals surface area contributed by atoms with Crippen LogP contribution in [0.5, 0.6) is 0 Å². The Balaban J connectivity index is 1.40. The van der Waals surface area contributed by atoms with Gasteiger partial charge < -0.3 is 4.90 Å². The average Bonchev–Trinajstić information content (AvgIpc) is 3.68. The number of carbonyl (C=O) groups is 2. The highest BCUT2D eigenvalue weighted by Gasteiger charge is 2.43. The van der Waals surface area contributed by atoms with Crippen molar-refractivity contribution in [2.45, 2.75) is 51.4 Å². The topological polar surface area (TPSA) is 43.6 Å². The van der Waals surface area contributed by atoms with Crippen LogP contribution in [-0.4, -0.2) is 41.1 Å². The molecule has 4 aromatic carbocycles. The van der Waals surface area contributed by atoms with Crippen molar-refractivity contribution in [2.24, 2.45) is 0 Å². The summed E-state index contributed by atoms with van der Waals surface area (Å²) in [6, 6.07) is 35.3. The predicted octanol–water partition coefficient (Wildman–Crippen LogP) is 9.52. The van der Waals surface area contributed by atoms with Crippen molar-refractivity contribution in [2.75, 3.05) is 19.0 Å². The second kappa shape index (κ2) is 12.7. The van der Waals surface area contributed by atoms with Gasteiger partial charge in [-0.3, -0.25) is 9.59 Å². The Bertz CT molecular complexity index is 2110. The monoisotopic (exact) mass is 658 g/mol. The van der Waals surface area contributed by atoms with Gasteiger partial charge in [-0.15, -0.1) is 0 Å². The molecule has 7 rings (SSSR count). The number of benzene rings is 4. The van der Waals surface area contributed by atoms with Crippen LogP contribution in [0.25, 0.3) is 0 Å². The molecule has 3 aliphatic rings. The van der Waals surface area contributed by atoms with Crippen molar-refractivity contribution in [1.29, 1.82) is 0 Å². The van der Waals surface area contributed by atoms with Crippen LogP contribution in [0.4, 0.5) is 11.4 Å². The average molecular weight is 659 g/mol. The van der Waals surface area contributed by atoms with Gasteiger partial charge >= 0.3 is 0 Å². The number of anilines is 1. The molecule has 5 heteroatoms. The minimum atomic E-state index is -0.343. The summed E-state index contributed by atoms with van der Waals surface area (Å²) >= 11 is 0. The maximum atomic E-state index is 14.5. The maximum absolute atomic E-state index is 14.5. The number of para-hydroxylation sites is 2. The molecule has 0 saturated heterocycles. The molecular weight excluding hydrogens is 615 g/mol. The fraction of sp³-hybridized carbons (Fsp3) is 0.222. The van der Waals surface area contributed by atoms with Crippen LogP contribution in [0.1, 0.15) is 72.4 Å². The molecule has 4 aromatic rings. The number of imide groups is 1. The van der Waals surface area contributed by atoms with E-state index in [4.69, 9.17) is 0 Å². The minimum absolute atomic E-state index is 0.211. The molecule has 2 aliphatic heterocycles. The van der Waals surface area contributed by atoms with Crippen molar-refractivity contribution in [1.82, 2.24) is 4.90 Å². The molecule has 0 aromatic heterocycles.